The molecule has 1 aliphatic heterocycles. The number of aryl methyl sites for hydroxylation is 1. The van der Waals surface area contributed by atoms with Gasteiger partial charge >= 0.3 is 0 Å². The quantitative estimate of drug-likeness (QED) is 0.663. The van der Waals surface area contributed by atoms with Crippen LogP contribution in [0.2, 0.25) is 0 Å². The summed E-state index contributed by atoms with van der Waals surface area (Å²) in [6.07, 6.45) is 5.59. The highest BCUT2D eigenvalue weighted by Crippen LogP contribution is 2.21. The van der Waals surface area contributed by atoms with Crippen molar-refractivity contribution < 1.29 is 9.53 Å². The molecule has 9 heteroatoms. The summed E-state index contributed by atoms with van der Waals surface area (Å²) in [4.78, 5) is 16.9. The Bertz CT molecular complexity index is 971. The Balaban J connectivity index is 1.37. The van der Waals surface area contributed by atoms with Crippen molar-refractivity contribution in [3.05, 3.63) is 53.9 Å². The van der Waals surface area contributed by atoms with E-state index in [2.05, 4.69) is 25.9 Å². The molecule has 29 heavy (non-hydrogen) atoms. The Labute approximate surface area is 169 Å². The largest absolute Gasteiger partial charge is 0.486 e. The van der Waals surface area contributed by atoms with Crippen molar-refractivity contribution >= 4 is 11.6 Å². The summed E-state index contributed by atoms with van der Waals surface area (Å²) in [6.45, 7) is 4.19. The molecule has 0 spiro atoms. The molecule has 0 radical (unpaired) electrons. The van der Waals surface area contributed by atoms with Gasteiger partial charge in [0, 0.05) is 25.1 Å². The number of benzene rings is 1. The van der Waals surface area contributed by atoms with E-state index in [4.69, 9.17) is 4.74 Å². The molecule has 152 valence electrons. The van der Waals surface area contributed by atoms with Gasteiger partial charge in [-0.2, -0.15) is 0 Å². The van der Waals surface area contributed by atoms with Gasteiger partial charge in [0.2, 0.25) is 0 Å². The number of imidazole rings is 1. The van der Waals surface area contributed by atoms with Crippen LogP contribution in [0.3, 0.4) is 0 Å². The molecule has 4 rings (SSSR count). The minimum Gasteiger partial charge on any atom is -0.486 e. The lowest BCUT2D eigenvalue weighted by Crippen LogP contribution is -2.30. The second-order valence-electron chi connectivity index (χ2n) is 7.17. The highest BCUT2D eigenvalue weighted by molar-refractivity contribution is 6.03. The maximum atomic E-state index is 12.7. The fourth-order valence-corrected chi connectivity index (χ4v) is 3.46. The highest BCUT2D eigenvalue weighted by atomic mass is 16.5. The number of hydrogen-bond donors (Lipinski definition) is 2. The van der Waals surface area contributed by atoms with Gasteiger partial charge in [0.05, 0.1) is 11.7 Å². The molecule has 1 aromatic carbocycles. The van der Waals surface area contributed by atoms with E-state index in [9.17, 15) is 4.79 Å². The van der Waals surface area contributed by atoms with Crippen LogP contribution in [0, 0.1) is 6.92 Å². The number of ether oxygens (including phenoxy) is 1. The van der Waals surface area contributed by atoms with E-state index >= 15 is 0 Å². The van der Waals surface area contributed by atoms with Gasteiger partial charge in [-0.05, 0) is 57.1 Å². The number of anilines is 1. The molecule has 1 saturated heterocycles. The third-order valence-electron chi connectivity index (χ3n) is 5.20. The van der Waals surface area contributed by atoms with Crippen molar-refractivity contribution in [1.82, 2.24) is 29.9 Å². The second-order valence-corrected chi connectivity index (χ2v) is 7.17. The van der Waals surface area contributed by atoms with Crippen molar-refractivity contribution in [2.75, 3.05) is 18.4 Å². The number of carbonyl (C=O) groups is 1. The van der Waals surface area contributed by atoms with Crippen LogP contribution in [-0.2, 0) is 13.7 Å². The second kappa shape index (κ2) is 8.44. The molecule has 1 aliphatic rings. The molecule has 2 aromatic heterocycles. The average molecular weight is 395 g/mol. The van der Waals surface area contributed by atoms with Crippen molar-refractivity contribution in [2.24, 2.45) is 7.05 Å². The summed E-state index contributed by atoms with van der Waals surface area (Å²) >= 11 is 0. The topological polar surface area (TPSA) is 98.9 Å². The number of carbonyl (C=O) groups excluding carboxylic acids is 1. The lowest BCUT2D eigenvalue weighted by atomic mass is 10.1. The Morgan fingerprint density at radius 2 is 2.03 bits per heavy atom. The predicted molar refractivity (Wildman–Crippen MR) is 108 cm³/mol. The van der Waals surface area contributed by atoms with Gasteiger partial charge in [-0.3, -0.25) is 4.79 Å². The van der Waals surface area contributed by atoms with E-state index in [1.165, 1.54) is 0 Å². The standard InChI is InChI=1S/C20H25N7O2/c1-14-19(24-25-27(14)16-7-9-21-10-8-16)20(28)23-15-3-5-17(6-4-15)29-13-18-22-11-12-26(18)2/h3-6,11-12,16,21H,7-10,13H2,1-2H3,(H,23,28). The van der Waals surface area contributed by atoms with Crippen LogP contribution >= 0.6 is 0 Å². The Morgan fingerprint density at radius 3 is 2.72 bits per heavy atom. The minimum absolute atomic E-state index is 0.260. The van der Waals surface area contributed by atoms with E-state index in [1.54, 1.807) is 18.3 Å². The first-order chi connectivity index (χ1) is 14.1. The van der Waals surface area contributed by atoms with Gasteiger partial charge in [-0.15, -0.1) is 5.10 Å². The van der Waals surface area contributed by atoms with E-state index in [0.717, 1.165) is 37.4 Å². The Kier molecular flexibility index (Phi) is 5.57. The van der Waals surface area contributed by atoms with E-state index in [1.807, 2.05) is 41.5 Å². The van der Waals surface area contributed by atoms with Crippen LogP contribution in [0.5, 0.6) is 5.75 Å². The zero-order valence-corrected chi connectivity index (χ0v) is 16.6. The summed E-state index contributed by atoms with van der Waals surface area (Å²) in [5, 5.41) is 14.6. The molecule has 3 aromatic rings. The van der Waals surface area contributed by atoms with Crippen molar-refractivity contribution in [3.8, 4) is 5.75 Å². The molecule has 3 heterocycles. The number of nitrogens with zero attached hydrogens (tertiary/aromatic N) is 5. The third kappa shape index (κ3) is 4.29. The lowest BCUT2D eigenvalue weighted by Gasteiger charge is -2.23. The maximum absolute atomic E-state index is 12.7. The number of amides is 1. The number of hydrogen-bond acceptors (Lipinski definition) is 6. The van der Waals surface area contributed by atoms with Gasteiger partial charge in [-0.25, -0.2) is 9.67 Å². The molecular weight excluding hydrogens is 370 g/mol. The van der Waals surface area contributed by atoms with Gasteiger partial charge in [0.1, 0.15) is 18.2 Å². The molecule has 0 atom stereocenters. The monoisotopic (exact) mass is 395 g/mol. The minimum atomic E-state index is -0.260. The summed E-state index contributed by atoms with van der Waals surface area (Å²) < 4.78 is 9.53. The van der Waals surface area contributed by atoms with Crippen LogP contribution in [0.4, 0.5) is 5.69 Å². The van der Waals surface area contributed by atoms with Crippen molar-refractivity contribution in [1.29, 1.82) is 0 Å². The zero-order chi connectivity index (χ0) is 20.2. The molecule has 9 nitrogen and oxygen atoms in total. The van der Waals surface area contributed by atoms with Gasteiger partial charge in [-0.1, -0.05) is 5.21 Å². The normalized spacial score (nSPS) is 14.7. The first-order valence-corrected chi connectivity index (χ1v) is 9.75. The third-order valence-corrected chi connectivity index (χ3v) is 5.20. The SMILES string of the molecule is Cc1c(C(=O)Nc2ccc(OCc3nccn3C)cc2)nnn1C1CCNCC1. The fourth-order valence-electron chi connectivity index (χ4n) is 3.46. The van der Waals surface area contributed by atoms with Gasteiger partial charge < -0.3 is 19.9 Å². The number of piperidine rings is 1. The van der Waals surface area contributed by atoms with Crippen LogP contribution < -0.4 is 15.4 Å². The molecule has 0 unspecified atom stereocenters. The van der Waals surface area contributed by atoms with Crippen molar-refractivity contribution in [3.63, 3.8) is 0 Å². The smallest absolute Gasteiger partial charge is 0.278 e. The van der Waals surface area contributed by atoms with Crippen LogP contribution in [0.1, 0.15) is 40.9 Å². The van der Waals surface area contributed by atoms with Crippen LogP contribution in [0.15, 0.2) is 36.7 Å². The first-order valence-electron chi connectivity index (χ1n) is 9.75. The first kappa shape index (κ1) is 19.1. The number of nitrogens with one attached hydrogen (secondary N) is 2. The zero-order valence-electron chi connectivity index (χ0n) is 16.6. The van der Waals surface area contributed by atoms with Crippen molar-refractivity contribution in [2.45, 2.75) is 32.4 Å². The highest BCUT2D eigenvalue weighted by Gasteiger charge is 2.22. The summed E-state index contributed by atoms with van der Waals surface area (Å²) in [5.41, 5.74) is 1.83. The lowest BCUT2D eigenvalue weighted by molar-refractivity contribution is 0.102. The van der Waals surface area contributed by atoms with Crippen LogP contribution in [-0.4, -0.2) is 43.5 Å². The molecule has 0 bridgehead atoms. The summed E-state index contributed by atoms with van der Waals surface area (Å²) in [6, 6.07) is 7.53. The molecule has 2 N–H and O–H groups in total. The molecule has 1 fully saturated rings. The molecule has 0 aliphatic carbocycles. The predicted octanol–water partition coefficient (Wildman–Crippen LogP) is 2.08. The van der Waals surface area contributed by atoms with Gasteiger partial charge in [0.15, 0.2) is 5.69 Å². The summed E-state index contributed by atoms with van der Waals surface area (Å²) in [5.74, 6) is 1.29. The molecule has 0 saturated carbocycles. The maximum Gasteiger partial charge on any atom is 0.278 e. The van der Waals surface area contributed by atoms with Gasteiger partial charge in [0.25, 0.3) is 5.91 Å². The van der Waals surface area contributed by atoms with E-state index < -0.39 is 0 Å². The number of aromatic nitrogens is 5. The molecule has 1 amide bonds. The van der Waals surface area contributed by atoms with E-state index in [-0.39, 0.29) is 5.91 Å². The Morgan fingerprint density at radius 1 is 1.28 bits per heavy atom. The number of rotatable bonds is 6. The summed E-state index contributed by atoms with van der Waals surface area (Å²) in [7, 11) is 1.92. The van der Waals surface area contributed by atoms with Crippen LogP contribution in [0.25, 0.3) is 0 Å². The molecular formula is C20H25N7O2. The fraction of sp³-hybridized carbons (Fsp3) is 0.400. The average Bonchev–Trinajstić information content (AvgIpc) is 3.33. The van der Waals surface area contributed by atoms with E-state index in [0.29, 0.717) is 29.8 Å². The Hall–Kier alpha value is -3.20.